The van der Waals surface area contributed by atoms with Crippen molar-refractivity contribution >= 4 is 40.5 Å². The Morgan fingerprint density at radius 1 is 1.23 bits per heavy atom. The number of aromatic nitrogens is 3. The maximum Gasteiger partial charge on any atom is 0.401 e. The molecule has 0 spiro atoms. The molecule has 26 heavy (non-hydrogen) atoms. The average Bonchev–Trinajstić information content (AvgIpc) is 3.01. The minimum absolute atomic E-state index is 0.114. The summed E-state index contributed by atoms with van der Waals surface area (Å²) in [5, 5.41) is 10.5. The number of halogens is 4. The third kappa shape index (κ3) is 4.80. The molecule has 1 aliphatic rings. The van der Waals surface area contributed by atoms with Crippen molar-refractivity contribution < 1.29 is 18.0 Å². The van der Waals surface area contributed by atoms with E-state index in [1.54, 1.807) is 12.1 Å². The zero-order valence-electron chi connectivity index (χ0n) is 13.3. The van der Waals surface area contributed by atoms with Crippen LogP contribution in [0.3, 0.4) is 0 Å². The first-order valence-electron chi connectivity index (χ1n) is 7.60. The number of rotatable bonds is 4. The second-order valence-corrected chi connectivity index (χ2v) is 7.04. The van der Waals surface area contributed by atoms with Gasteiger partial charge < -0.3 is 10.2 Å². The highest BCUT2D eigenvalue weighted by Gasteiger charge is 2.32. The lowest BCUT2D eigenvalue weighted by Gasteiger charge is -2.35. The average molecular weight is 407 g/mol. The number of thiazole rings is 1. The molecule has 0 bridgehead atoms. The van der Waals surface area contributed by atoms with Crippen LogP contribution in [0.15, 0.2) is 17.6 Å². The molecule has 0 radical (unpaired) electrons. The Hall–Kier alpha value is -1.98. The second kappa shape index (κ2) is 7.72. The van der Waals surface area contributed by atoms with Gasteiger partial charge in [0.25, 0.3) is 5.91 Å². The van der Waals surface area contributed by atoms with E-state index in [0.29, 0.717) is 32.0 Å². The van der Waals surface area contributed by atoms with Crippen molar-refractivity contribution in [3.05, 3.63) is 27.7 Å². The molecule has 3 heterocycles. The molecule has 1 saturated heterocycles. The van der Waals surface area contributed by atoms with E-state index in [2.05, 4.69) is 20.5 Å². The fourth-order valence-electron chi connectivity index (χ4n) is 2.50. The van der Waals surface area contributed by atoms with Crippen molar-refractivity contribution in [1.29, 1.82) is 0 Å². The molecule has 0 atom stereocenters. The smallest absolute Gasteiger partial charge is 0.353 e. The van der Waals surface area contributed by atoms with Crippen LogP contribution in [0.5, 0.6) is 0 Å². The van der Waals surface area contributed by atoms with Gasteiger partial charge in [0, 0.05) is 26.2 Å². The van der Waals surface area contributed by atoms with E-state index in [9.17, 15) is 18.0 Å². The summed E-state index contributed by atoms with van der Waals surface area (Å²) in [6.07, 6.45) is -4.19. The lowest BCUT2D eigenvalue weighted by Crippen LogP contribution is -2.49. The Morgan fingerprint density at radius 3 is 2.50 bits per heavy atom. The van der Waals surface area contributed by atoms with Crippen LogP contribution < -0.4 is 10.2 Å². The normalized spacial score (nSPS) is 15.9. The first-order chi connectivity index (χ1) is 12.3. The highest BCUT2D eigenvalue weighted by molar-refractivity contribution is 7.14. The lowest BCUT2D eigenvalue weighted by atomic mass is 10.3. The van der Waals surface area contributed by atoms with Crippen LogP contribution in [0.25, 0.3) is 0 Å². The molecule has 7 nitrogen and oxygen atoms in total. The van der Waals surface area contributed by atoms with Crippen LogP contribution >= 0.6 is 22.9 Å². The number of amides is 1. The minimum atomic E-state index is -4.19. The second-order valence-electron chi connectivity index (χ2n) is 5.58. The quantitative estimate of drug-likeness (QED) is 0.841. The number of nitrogens with zero attached hydrogens (tertiary/aromatic N) is 5. The van der Waals surface area contributed by atoms with Crippen LogP contribution in [0, 0.1) is 0 Å². The van der Waals surface area contributed by atoms with E-state index >= 15 is 0 Å². The fourth-order valence-corrected chi connectivity index (χ4v) is 3.27. The van der Waals surface area contributed by atoms with Gasteiger partial charge in [-0.3, -0.25) is 9.69 Å². The third-order valence-corrected chi connectivity index (χ3v) is 4.79. The van der Waals surface area contributed by atoms with Gasteiger partial charge in [-0.2, -0.15) is 13.2 Å². The zero-order chi connectivity index (χ0) is 18.7. The first-order valence-corrected chi connectivity index (χ1v) is 8.86. The minimum Gasteiger partial charge on any atom is -0.353 e. The molecule has 2 aromatic rings. The van der Waals surface area contributed by atoms with E-state index < -0.39 is 18.6 Å². The third-order valence-electron chi connectivity index (χ3n) is 3.73. The summed E-state index contributed by atoms with van der Waals surface area (Å²) in [5.41, 5.74) is 1.58. The van der Waals surface area contributed by atoms with Gasteiger partial charge in [0.05, 0.1) is 12.1 Å². The van der Waals surface area contributed by atoms with Gasteiger partial charge in [-0.1, -0.05) is 11.6 Å². The standard InChI is InChI=1S/C14H14ClF3N6OS/c15-12-11(19-8-26-12)13(25)20-9-1-2-10(22-21-9)24-5-3-23(4-6-24)7-14(16,17)18/h1-2,8H,3-7H2,(H,20,21,25). The van der Waals surface area contributed by atoms with Gasteiger partial charge in [-0.15, -0.1) is 21.5 Å². The van der Waals surface area contributed by atoms with Crippen molar-refractivity contribution in [2.24, 2.45) is 0 Å². The molecule has 0 aromatic carbocycles. The van der Waals surface area contributed by atoms with E-state index in [4.69, 9.17) is 11.6 Å². The Balaban J connectivity index is 1.55. The number of alkyl halides is 3. The molecule has 3 rings (SSSR count). The Bertz CT molecular complexity index is 761. The molecule has 0 unspecified atom stereocenters. The molecule has 1 N–H and O–H groups in total. The van der Waals surface area contributed by atoms with E-state index in [1.165, 1.54) is 10.4 Å². The van der Waals surface area contributed by atoms with Gasteiger partial charge >= 0.3 is 6.18 Å². The molecule has 1 aliphatic heterocycles. The number of carbonyl (C=O) groups excluding carboxylic acids is 1. The highest BCUT2D eigenvalue weighted by atomic mass is 35.5. The summed E-state index contributed by atoms with van der Waals surface area (Å²) < 4.78 is 37.5. The van der Waals surface area contributed by atoms with Gasteiger partial charge in [-0.25, -0.2) is 4.98 Å². The van der Waals surface area contributed by atoms with Crippen LogP contribution in [-0.4, -0.2) is 64.9 Å². The van der Waals surface area contributed by atoms with Gasteiger partial charge in [0.1, 0.15) is 4.34 Å². The van der Waals surface area contributed by atoms with Crippen molar-refractivity contribution in [3.8, 4) is 0 Å². The van der Waals surface area contributed by atoms with E-state index in [1.807, 2.05) is 4.90 Å². The topological polar surface area (TPSA) is 74.2 Å². The Morgan fingerprint density at radius 2 is 1.96 bits per heavy atom. The van der Waals surface area contributed by atoms with Crippen molar-refractivity contribution in [2.75, 3.05) is 42.9 Å². The molecular formula is C14H14ClF3N6OS. The molecule has 0 saturated carbocycles. The molecule has 1 fully saturated rings. The highest BCUT2D eigenvalue weighted by Crippen LogP contribution is 2.21. The summed E-state index contributed by atoms with van der Waals surface area (Å²) in [6.45, 7) is 0.524. The molecular weight excluding hydrogens is 393 g/mol. The predicted octanol–water partition coefficient (Wildman–Crippen LogP) is 2.52. The molecule has 0 aliphatic carbocycles. The molecule has 2 aromatic heterocycles. The number of nitrogens with one attached hydrogen (secondary N) is 1. The summed E-state index contributed by atoms with van der Waals surface area (Å²) >= 11 is 7.00. The zero-order valence-corrected chi connectivity index (χ0v) is 14.9. The summed E-state index contributed by atoms with van der Waals surface area (Å²) in [5.74, 6) is 0.291. The number of carbonyl (C=O) groups is 1. The monoisotopic (exact) mass is 406 g/mol. The number of hydrogen-bond donors (Lipinski definition) is 1. The van der Waals surface area contributed by atoms with Crippen molar-refractivity contribution in [3.63, 3.8) is 0 Å². The van der Waals surface area contributed by atoms with E-state index in [0.717, 1.165) is 11.3 Å². The molecule has 1 amide bonds. The summed E-state index contributed by atoms with van der Waals surface area (Å²) in [7, 11) is 0. The Labute approximate surface area is 155 Å². The predicted molar refractivity (Wildman–Crippen MR) is 91.8 cm³/mol. The van der Waals surface area contributed by atoms with Crippen LogP contribution in [0.1, 0.15) is 10.5 Å². The fraction of sp³-hybridized carbons (Fsp3) is 0.429. The van der Waals surface area contributed by atoms with Gasteiger partial charge in [0.2, 0.25) is 0 Å². The Kier molecular flexibility index (Phi) is 5.58. The first kappa shape index (κ1) is 18.8. The number of piperazine rings is 1. The van der Waals surface area contributed by atoms with Crippen LogP contribution in [-0.2, 0) is 0 Å². The van der Waals surface area contributed by atoms with Crippen molar-refractivity contribution in [2.45, 2.75) is 6.18 Å². The van der Waals surface area contributed by atoms with Gasteiger partial charge in [-0.05, 0) is 12.1 Å². The largest absolute Gasteiger partial charge is 0.401 e. The summed E-state index contributed by atoms with van der Waals surface area (Å²) in [6, 6.07) is 3.23. The summed E-state index contributed by atoms with van der Waals surface area (Å²) in [4.78, 5) is 19.1. The van der Waals surface area contributed by atoms with Crippen LogP contribution in [0.4, 0.5) is 24.8 Å². The van der Waals surface area contributed by atoms with Crippen molar-refractivity contribution in [1.82, 2.24) is 20.1 Å². The lowest BCUT2D eigenvalue weighted by molar-refractivity contribution is -0.146. The van der Waals surface area contributed by atoms with E-state index in [-0.39, 0.29) is 15.8 Å². The number of hydrogen-bond acceptors (Lipinski definition) is 7. The molecule has 140 valence electrons. The SMILES string of the molecule is O=C(Nc1ccc(N2CCN(CC(F)(F)F)CC2)nn1)c1ncsc1Cl. The number of anilines is 2. The maximum atomic E-state index is 12.4. The van der Waals surface area contributed by atoms with Gasteiger partial charge in [0.15, 0.2) is 17.3 Å². The molecule has 12 heteroatoms. The van der Waals surface area contributed by atoms with Crippen LogP contribution in [0.2, 0.25) is 4.34 Å². The maximum absolute atomic E-state index is 12.4.